The van der Waals surface area contributed by atoms with Crippen molar-refractivity contribution in [3.05, 3.63) is 59.7 Å². The van der Waals surface area contributed by atoms with Crippen LogP contribution in [0.25, 0.3) is 0 Å². The molecule has 0 bridgehead atoms. The Morgan fingerprint density at radius 1 is 0.826 bits per heavy atom. The molecule has 3 heteroatoms. The number of ether oxygens (including phenoxy) is 1. The van der Waals surface area contributed by atoms with Crippen molar-refractivity contribution in [3.8, 4) is 5.75 Å². The molecule has 0 unspecified atom stereocenters. The molecule has 0 atom stereocenters. The van der Waals surface area contributed by atoms with E-state index in [9.17, 15) is 0 Å². The third kappa shape index (κ3) is 5.61. The van der Waals surface area contributed by atoms with Crippen molar-refractivity contribution in [2.24, 2.45) is 0 Å². The highest BCUT2D eigenvalue weighted by Crippen LogP contribution is 2.21. The molecular formula is C20H28N2O. The lowest BCUT2D eigenvalue weighted by atomic mass is 10.0. The van der Waals surface area contributed by atoms with Crippen LogP contribution in [0.2, 0.25) is 0 Å². The van der Waals surface area contributed by atoms with E-state index in [1.54, 1.807) is 0 Å². The summed E-state index contributed by atoms with van der Waals surface area (Å²) in [5.41, 5.74) is 3.88. The first-order valence-corrected chi connectivity index (χ1v) is 8.18. The van der Waals surface area contributed by atoms with Crippen molar-refractivity contribution in [1.29, 1.82) is 0 Å². The van der Waals surface area contributed by atoms with Crippen LogP contribution in [0.3, 0.4) is 0 Å². The fourth-order valence-electron chi connectivity index (χ4n) is 2.43. The Bertz CT molecular complexity index is 591. The third-order valence-corrected chi connectivity index (χ3v) is 3.90. The Morgan fingerprint density at radius 2 is 1.52 bits per heavy atom. The summed E-state index contributed by atoms with van der Waals surface area (Å²) in [6, 6.07) is 17.1. The summed E-state index contributed by atoms with van der Waals surface area (Å²) in [5.74, 6) is 1.01. The first kappa shape index (κ1) is 17.4. The number of likely N-dealkylation sites (N-methyl/N-ethyl adjacent to an activating group) is 1. The SMILES string of the molecule is CN(C)CCOc1ccccc1CCc1ccc(N(C)C)cc1. The second kappa shape index (κ2) is 8.59. The van der Waals surface area contributed by atoms with E-state index in [2.05, 4.69) is 80.5 Å². The van der Waals surface area contributed by atoms with Gasteiger partial charge in [0.25, 0.3) is 0 Å². The van der Waals surface area contributed by atoms with Gasteiger partial charge in [-0.3, -0.25) is 0 Å². The molecule has 0 amide bonds. The van der Waals surface area contributed by atoms with Crippen LogP contribution in [-0.4, -0.2) is 46.2 Å². The number of rotatable bonds is 8. The van der Waals surface area contributed by atoms with Crippen molar-refractivity contribution >= 4 is 5.69 Å². The molecule has 2 rings (SSSR count). The van der Waals surface area contributed by atoms with Crippen LogP contribution in [0, 0.1) is 0 Å². The summed E-state index contributed by atoms with van der Waals surface area (Å²) >= 11 is 0. The van der Waals surface area contributed by atoms with Crippen molar-refractivity contribution in [2.75, 3.05) is 46.2 Å². The summed E-state index contributed by atoms with van der Waals surface area (Å²) in [6.07, 6.45) is 2.03. The van der Waals surface area contributed by atoms with Crippen LogP contribution in [0.5, 0.6) is 5.75 Å². The zero-order valence-corrected chi connectivity index (χ0v) is 14.7. The second-order valence-electron chi connectivity index (χ2n) is 6.32. The normalized spacial score (nSPS) is 10.8. The Hall–Kier alpha value is -2.00. The van der Waals surface area contributed by atoms with Gasteiger partial charge in [0.2, 0.25) is 0 Å². The van der Waals surface area contributed by atoms with Crippen molar-refractivity contribution in [2.45, 2.75) is 12.8 Å². The summed E-state index contributed by atoms with van der Waals surface area (Å²) in [4.78, 5) is 4.26. The van der Waals surface area contributed by atoms with Gasteiger partial charge in [0.1, 0.15) is 12.4 Å². The van der Waals surface area contributed by atoms with Crippen LogP contribution in [0.1, 0.15) is 11.1 Å². The van der Waals surface area contributed by atoms with E-state index in [0.717, 1.165) is 31.7 Å². The van der Waals surface area contributed by atoms with Crippen LogP contribution in [0.4, 0.5) is 5.69 Å². The maximum absolute atomic E-state index is 5.94. The zero-order chi connectivity index (χ0) is 16.7. The Labute approximate surface area is 140 Å². The van der Waals surface area contributed by atoms with Gasteiger partial charge in [-0.2, -0.15) is 0 Å². The van der Waals surface area contributed by atoms with Gasteiger partial charge in [-0.05, 0) is 56.3 Å². The number of hydrogen-bond acceptors (Lipinski definition) is 3. The lowest BCUT2D eigenvalue weighted by Gasteiger charge is -2.15. The molecule has 0 fully saturated rings. The Kier molecular flexibility index (Phi) is 6.48. The molecule has 0 heterocycles. The highest BCUT2D eigenvalue weighted by molar-refractivity contribution is 5.46. The molecule has 0 aliphatic rings. The van der Waals surface area contributed by atoms with E-state index in [-0.39, 0.29) is 0 Å². The largest absolute Gasteiger partial charge is 0.492 e. The quantitative estimate of drug-likeness (QED) is 0.742. The van der Waals surface area contributed by atoms with Gasteiger partial charge in [0, 0.05) is 26.3 Å². The molecule has 0 saturated heterocycles. The Balaban J connectivity index is 1.94. The first-order chi connectivity index (χ1) is 11.1. The summed E-state index contributed by atoms with van der Waals surface area (Å²) in [5, 5.41) is 0. The summed E-state index contributed by atoms with van der Waals surface area (Å²) in [7, 11) is 8.26. The predicted molar refractivity (Wildman–Crippen MR) is 98.7 cm³/mol. The standard InChI is InChI=1S/C20H28N2O/c1-21(2)15-16-23-20-8-6-5-7-18(20)12-9-17-10-13-19(14-11-17)22(3)4/h5-8,10-11,13-14H,9,12,15-16H2,1-4H3. The number of aryl methyl sites for hydroxylation is 2. The maximum Gasteiger partial charge on any atom is 0.122 e. The van der Waals surface area contributed by atoms with Gasteiger partial charge < -0.3 is 14.5 Å². The van der Waals surface area contributed by atoms with Gasteiger partial charge in [-0.1, -0.05) is 30.3 Å². The van der Waals surface area contributed by atoms with Gasteiger partial charge in [-0.15, -0.1) is 0 Å². The highest BCUT2D eigenvalue weighted by Gasteiger charge is 2.04. The second-order valence-corrected chi connectivity index (χ2v) is 6.32. The molecule has 0 radical (unpaired) electrons. The molecule has 2 aromatic rings. The number of para-hydroxylation sites is 1. The van der Waals surface area contributed by atoms with E-state index < -0.39 is 0 Å². The average molecular weight is 312 g/mol. The molecule has 3 nitrogen and oxygen atoms in total. The van der Waals surface area contributed by atoms with Crippen molar-refractivity contribution in [3.63, 3.8) is 0 Å². The minimum absolute atomic E-state index is 0.724. The molecule has 124 valence electrons. The average Bonchev–Trinajstić information content (AvgIpc) is 2.54. The Morgan fingerprint density at radius 3 is 2.17 bits per heavy atom. The molecular weight excluding hydrogens is 284 g/mol. The predicted octanol–water partition coefficient (Wildman–Crippen LogP) is 3.48. The van der Waals surface area contributed by atoms with Crippen LogP contribution in [0.15, 0.2) is 48.5 Å². The topological polar surface area (TPSA) is 15.7 Å². The van der Waals surface area contributed by atoms with E-state index in [0.29, 0.717) is 0 Å². The molecule has 0 N–H and O–H groups in total. The molecule has 0 aliphatic carbocycles. The number of anilines is 1. The minimum Gasteiger partial charge on any atom is -0.492 e. The smallest absolute Gasteiger partial charge is 0.122 e. The molecule has 0 aromatic heterocycles. The molecule has 23 heavy (non-hydrogen) atoms. The van der Waals surface area contributed by atoms with Gasteiger partial charge in [0.15, 0.2) is 0 Å². The van der Waals surface area contributed by atoms with Gasteiger partial charge in [0.05, 0.1) is 0 Å². The fourth-order valence-corrected chi connectivity index (χ4v) is 2.43. The number of hydrogen-bond donors (Lipinski definition) is 0. The highest BCUT2D eigenvalue weighted by atomic mass is 16.5. The van der Waals surface area contributed by atoms with Gasteiger partial charge >= 0.3 is 0 Å². The van der Waals surface area contributed by atoms with E-state index in [4.69, 9.17) is 4.74 Å². The molecule has 2 aromatic carbocycles. The zero-order valence-electron chi connectivity index (χ0n) is 14.7. The summed E-state index contributed by atoms with van der Waals surface area (Å²) < 4.78 is 5.94. The lowest BCUT2D eigenvalue weighted by Crippen LogP contribution is -2.19. The lowest BCUT2D eigenvalue weighted by molar-refractivity contribution is 0.259. The molecule has 0 saturated carbocycles. The van der Waals surface area contributed by atoms with Crippen LogP contribution < -0.4 is 9.64 Å². The van der Waals surface area contributed by atoms with Crippen LogP contribution in [-0.2, 0) is 12.8 Å². The number of nitrogens with zero attached hydrogens (tertiary/aromatic N) is 2. The summed E-state index contributed by atoms with van der Waals surface area (Å²) in [6.45, 7) is 1.65. The fraction of sp³-hybridized carbons (Fsp3) is 0.400. The van der Waals surface area contributed by atoms with E-state index in [1.807, 2.05) is 6.07 Å². The van der Waals surface area contributed by atoms with E-state index in [1.165, 1.54) is 16.8 Å². The van der Waals surface area contributed by atoms with Crippen molar-refractivity contribution in [1.82, 2.24) is 4.90 Å². The van der Waals surface area contributed by atoms with Crippen molar-refractivity contribution < 1.29 is 4.74 Å². The van der Waals surface area contributed by atoms with E-state index >= 15 is 0 Å². The minimum atomic E-state index is 0.724. The first-order valence-electron chi connectivity index (χ1n) is 8.18. The molecule has 0 spiro atoms. The van der Waals surface area contributed by atoms with Crippen LogP contribution >= 0.6 is 0 Å². The maximum atomic E-state index is 5.94. The number of benzene rings is 2. The monoisotopic (exact) mass is 312 g/mol. The third-order valence-electron chi connectivity index (χ3n) is 3.90. The van der Waals surface area contributed by atoms with Gasteiger partial charge in [-0.25, -0.2) is 0 Å². The molecule has 0 aliphatic heterocycles.